The zero-order chi connectivity index (χ0) is 24.6. The van der Waals surface area contributed by atoms with E-state index in [0.29, 0.717) is 22.4 Å². The van der Waals surface area contributed by atoms with Crippen LogP contribution in [0.25, 0.3) is 43.8 Å². The zero-order valence-electron chi connectivity index (χ0n) is 19.2. The summed E-state index contributed by atoms with van der Waals surface area (Å²) in [4.78, 5) is 0. The van der Waals surface area contributed by atoms with Crippen LogP contribution in [0.1, 0.15) is 0 Å². The minimum Gasteiger partial charge on any atom is -0.508 e. The van der Waals surface area contributed by atoms with Gasteiger partial charge in [0.15, 0.2) is 11.5 Å². The van der Waals surface area contributed by atoms with Crippen LogP contribution >= 0.6 is 0 Å². The molecule has 0 unspecified atom stereocenters. The maximum atomic E-state index is 11.5. The van der Waals surface area contributed by atoms with Crippen molar-refractivity contribution in [2.75, 3.05) is 0 Å². The van der Waals surface area contributed by atoms with Gasteiger partial charge >= 0.3 is 0 Å². The predicted octanol–water partition coefficient (Wildman–Crippen LogP) is 8.24. The van der Waals surface area contributed by atoms with Crippen LogP contribution in [0.5, 0.6) is 28.7 Å². The number of ether oxygens (including phenoxy) is 1. The van der Waals surface area contributed by atoms with Crippen LogP contribution in [0.4, 0.5) is 0 Å². The van der Waals surface area contributed by atoms with Gasteiger partial charge in [-0.25, -0.2) is 0 Å². The van der Waals surface area contributed by atoms with Crippen molar-refractivity contribution in [1.82, 2.24) is 0 Å². The van der Waals surface area contributed by atoms with E-state index in [2.05, 4.69) is 0 Å². The van der Waals surface area contributed by atoms with Gasteiger partial charge in [-0.3, -0.25) is 0 Å². The Hall–Kier alpha value is -4.96. The summed E-state index contributed by atoms with van der Waals surface area (Å²) in [6.07, 6.45) is 0. The lowest BCUT2D eigenvalue weighted by Gasteiger charge is -2.18. The number of aromatic hydroxyl groups is 3. The summed E-state index contributed by atoms with van der Waals surface area (Å²) in [7, 11) is 0. The first kappa shape index (κ1) is 21.6. The van der Waals surface area contributed by atoms with Crippen LogP contribution in [0.15, 0.2) is 115 Å². The smallest absolute Gasteiger partial charge is 0.177 e. The molecular weight excluding hydrogens is 448 g/mol. The number of hydrogen-bond acceptors (Lipinski definition) is 4. The number of hydrogen-bond donors (Lipinski definition) is 3. The van der Waals surface area contributed by atoms with Crippen molar-refractivity contribution in [3.8, 4) is 51.0 Å². The molecule has 3 N–H and O–H groups in total. The monoisotopic (exact) mass is 470 g/mol. The molecule has 6 rings (SSSR count). The van der Waals surface area contributed by atoms with Gasteiger partial charge in [0.1, 0.15) is 17.2 Å². The number of fused-ring (bicyclic) bond motifs is 2. The first-order chi connectivity index (χ1) is 17.6. The minimum atomic E-state index is 0.0178. The largest absolute Gasteiger partial charge is 0.508 e. The molecule has 6 aromatic rings. The molecule has 0 spiro atoms. The van der Waals surface area contributed by atoms with Gasteiger partial charge in [-0.05, 0) is 75.8 Å². The van der Waals surface area contributed by atoms with Crippen LogP contribution in [-0.2, 0) is 0 Å². The van der Waals surface area contributed by atoms with Crippen LogP contribution in [0, 0.1) is 0 Å². The van der Waals surface area contributed by atoms with Crippen LogP contribution in [-0.4, -0.2) is 15.3 Å². The first-order valence-corrected chi connectivity index (χ1v) is 11.6. The molecule has 0 atom stereocenters. The Balaban J connectivity index is 1.61. The molecule has 174 valence electrons. The Kier molecular flexibility index (Phi) is 5.20. The van der Waals surface area contributed by atoms with Crippen molar-refractivity contribution >= 4 is 21.5 Å². The highest BCUT2D eigenvalue weighted by atomic mass is 16.5. The normalized spacial score (nSPS) is 11.1. The van der Waals surface area contributed by atoms with Crippen molar-refractivity contribution in [2.45, 2.75) is 0 Å². The summed E-state index contributed by atoms with van der Waals surface area (Å²) in [5.41, 5.74) is 3.21. The number of benzene rings is 6. The molecule has 0 bridgehead atoms. The summed E-state index contributed by atoms with van der Waals surface area (Å²) in [6.45, 7) is 0. The molecule has 4 heteroatoms. The lowest BCUT2D eigenvalue weighted by Crippen LogP contribution is -1.93. The van der Waals surface area contributed by atoms with Crippen molar-refractivity contribution in [3.05, 3.63) is 115 Å². The van der Waals surface area contributed by atoms with Gasteiger partial charge in [0.25, 0.3) is 0 Å². The lowest BCUT2D eigenvalue weighted by atomic mass is 9.98. The van der Waals surface area contributed by atoms with Gasteiger partial charge in [-0.2, -0.15) is 0 Å². The fourth-order valence-electron chi connectivity index (χ4n) is 4.59. The zero-order valence-corrected chi connectivity index (χ0v) is 19.2. The van der Waals surface area contributed by atoms with E-state index in [-0.39, 0.29) is 17.2 Å². The third kappa shape index (κ3) is 3.85. The molecule has 4 nitrogen and oxygen atoms in total. The van der Waals surface area contributed by atoms with E-state index in [1.54, 1.807) is 30.3 Å². The second kappa shape index (κ2) is 8.67. The Morgan fingerprint density at radius 3 is 1.75 bits per heavy atom. The topological polar surface area (TPSA) is 69.9 Å². The second-order valence-electron chi connectivity index (χ2n) is 8.72. The van der Waals surface area contributed by atoms with Gasteiger partial charge < -0.3 is 20.1 Å². The highest BCUT2D eigenvalue weighted by molar-refractivity contribution is 5.98. The summed E-state index contributed by atoms with van der Waals surface area (Å²) < 4.78 is 6.55. The standard InChI is InChI=1S/C32H22O4/c33-25-12-11-22-19-30(28(17-23(22)15-25)20-7-3-1-4-8-20)36-32-27-14-13-26(34)16-24(27)18-29(31(32)35)21-9-5-2-6-10-21/h1-19,33-35H. The molecule has 0 aliphatic rings. The summed E-state index contributed by atoms with van der Waals surface area (Å²) in [6, 6.07) is 35.4. The third-order valence-electron chi connectivity index (χ3n) is 6.35. The van der Waals surface area contributed by atoms with Gasteiger partial charge in [0, 0.05) is 16.5 Å². The highest BCUT2D eigenvalue weighted by Gasteiger charge is 2.19. The molecular formula is C32H22O4. The summed E-state index contributed by atoms with van der Waals surface area (Å²) in [5, 5.41) is 34.8. The second-order valence-corrected chi connectivity index (χ2v) is 8.72. The molecule has 0 aromatic heterocycles. The van der Waals surface area contributed by atoms with E-state index in [4.69, 9.17) is 4.74 Å². The average molecular weight is 471 g/mol. The van der Waals surface area contributed by atoms with Crippen molar-refractivity contribution < 1.29 is 20.1 Å². The van der Waals surface area contributed by atoms with E-state index in [0.717, 1.165) is 32.8 Å². The molecule has 0 fully saturated rings. The summed E-state index contributed by atoms with van der Waals surface area (Å²) >= 11 is 0. The number of phenols is 3. The fraction of sp³-hybridized carbons (Fsp3) is 0. The van der Waals surface area contributed by atoms with Gasteiger partial charge in [-0.15, -0.1) is 0 Å². The van der Waals surface area contributed by atoms with Crippen molar-refractivity contribution in [1.29, 1.82) is 0 Å². The van der Waals surface area contributed by atoms with Gasteiger partial charge in [-0.1, -0.05) is 66.7 Å². The number of rotatable bonds is 4. The minimum absolute atomic E-state index is 0.0178. The first-order valence-electron chi connectivity index (χ1n) is 11.6. The quantitative estimate of drug-likeness (QED) is 0.243. The molecule has 0 amide bonds. The van der Waals surface area contributed by atoms with E-state index < -0.39 is 0 Å². The third-order valence-corrected chi connectivity index (χ3v) is 6.35. The summed E-state index contributed by atoms with van der Waals surface area (Å²) in [5.74, 6) is 1.21. The maximum Gasteiger partial charge on any atom is 0.177 e. The molecule has 0 saturated heterocycles. The molecule has 0 radical (unpaired) electrons. The SMILES string of the molecule is Oc1ccc2cc(Oc3c(O)c(-c4ccccc4)cc4cc(O)ccc34)c(-c3ccccc3)cc2c1. The highest BCUT2D eigenvalue weighted by Crippen LogP contribution is 2.47. The molecule has 0 heterocycles. The Morgan fingerprint density at radius 2 is 1.06 bits per heavy atom. The molecule has 6 aromatic carbocycles. The lowest BCUT2D eigenvalue weighted by molar-refractivity contribution is 0.417. The van der Waals surface area contributed by atoms with Crippen LogP contribution in [0.2, 0.25) is 0 Å². The van der Waals surface area contributed by atoms with E-state index in [9.17, 15) is 15.3 Å². The van der Waals surface area contributed by atoms with E-state index in [1.165, 1.54) is 0 Å². The molecule has 0 saturated carbocycles. The van der Waals surface area contributed by atoms with Gasteiger partial charge in [0.2, 0.25) is 0 Å². The Morgan fingerprint density at radius 1 is 0.472 bits per heavy atom. The van der Waals surface area contributed by atoms with Crippen LogP contribution in [0.3, 0.4) is 0 Å². The van der Waals surface area contributed by atoms with Gasteiger partial charge in [0.05, 0.1) is 0 Å². The fourth-order valence-corrected chi connectivity index (χ4v) is 4.59. The predicted molar refractivity (Wildman–Crippen MR) is 144 cm³/mol. The van der Waals surface area contributed by atoms with E-state index >= 15 is 0 Å². The molecule has 36 heavy (non-hydrogen) atoms. The maximum absolute atomic E-state index is 11.5. The Bertz CT molecular complexity index is 1730. The van der Waals surface area contributed by atoms with Crippen LogP contribution < -0.4 is 4.74 Å². The Labute approximate surface area is 207 Å². The van der Waals surface area contributed by atoms with Crippen molar-refractivity contribution in [3.63, 3.8) is 0 Å². The number of phenolic OH excluding ortho intramolecular Hbond substituents is 3. The van der Waals surface area contributed by atoms with Crippen molar-refractivity contribution in [2.24, 2.45) is 0 Å². The molecule has 0 aliphatic heterocycles. The van der Waals surface area contributed by atoms with E-state index in [1.807, 2.05) is 84.9 Å². The molecule has 0 aliphatic carbocycles. The average Bonchev–Trinajstić information content (AvgIpc) is 2.90.